The van der Waals surface area contributed by atoms with Crippen LogP contribution in [0.1, 0.15) is 54.4 Å². The molecular weight excluding hydrogens is 307 g/mol. The fourth-order valence-electron chi connectivity index (χ4n) is 2.95. The molecule has 132 valence electrons. The Bertz CT molecular complexity index is 482. The van der Waals surface area contributed by atoms with Crippen molar-refractivity contribution >= 4 is 13.2 Å². The Morgan fingerprint density at radius 1 is 0.783 bits per heavy atom. The lowest BCUT2D eigenvalue weighted by Crippen LogP contribution is -2.35. The Labute approximate surface area is 143 Å². The highest BCUT2D eigenvalue weighted by atomic mass is 31.1. The van der Waals surface area contributed by atoms with Crippen LogP contribution in [0.4, 0.5) is 0 Å². The average molecular weight is 340 g/mol. The molecule has 4 heteroatoms. The summed E-state index contributed by atoms with van der Waals surface area (Å²) in [5.41, 5.74) is 0. The fourth-order valence-corrected chi connectivity index (χ4v) is 7.18. The van der Waals surface area contributed by atoms with E-state index in [4.69, 9.17) is 14.2 Å². The zero-order valence-corrected chi connectivity index (χ0v) is 17.1. The van der Waals surface area contributed by atoms with E-state index in [-0.39, 0.29) is 10.3 Å². The number of ether oxygens (including phenoxy) is 3. The summed E-state index contributed by atoms with van der Waals surface area (Å²) in [7, 11) is 4.60. The first-order valence-corrected chi connectivity index (χ1v) is 9.63. The quantitative estimate of drug-likeness (QED) is 0.609. The van der Waals surface area contributed by atoms with E-state index in [0.29, 0.717) is 0 Å². The van der Waals surface area contributed by atoms with Crippen LogP contribution in [0.2, 0.25) is 0 Å². The largest absolute Gasteiger partial charge is 0.496 e. The molecule has 1 rings (SSSR count). The van der Waals surface area contributed by atoms with Crippen molar-refractivity contribution in [1.29, 1.82) is 0 Å². The van der Waals surface area contributed by atoms with Gasteiger partial charge in [-0.1, -0.05) is 49.5 Å². The standard InChI is InChI=1S/C19H33O3P/c1-10-18(3,4)23(19(5,6)11-2)17-15(21-8)12-14(20-7)13-16(17)22-9/h12-13H,10-11H2,1-9H3. The second-order valence-electron chi connectivity index (χ2n) is 7.05. The van der Waals surface area contributed by atoms with Crippen molar-refractivity contribution in [3.8, 4) is 17.2 Å². The Kier molecular flexibility index (Phi) is 6.77. The molecule has 0 amide bonds. The second-order valence-corrected chi connectivity index (χ2v) is 10.6. The first kappa shape index (κ1) is 20.1. The highest BCUT2D eigenvalue weighted by Crippen LogP contribution is 2.63. The average Bonchev–Trinajstić information content (AvgIpc) is 2.54. The van der Waals surface area contributed by atoms with Gasteiger partial charge in [-0.2, -0.15) is 0 Å². The molecule has 3 nitrogen and oxygen atoms in total. The van der Waals surface area contributed by atoms with Crippen LogP contribution >= 0.6 is 7.92 Å². The van der Waals surface area contributed by atoms with Gasteiger partial charge in [0.05, 0.1) is 26.6 Å². The summed E-state index contributed by atoms with van der Waals surface area (Å²) in [6.07, 6.45) is 2.22. The van der Waals surface area contributed by atoms with Crippen LogP contribution in [-0.2, 0) is 0 Å². The van der Waals surface area contributed by atoms with Gasteiger partial charge in [0.25, 0.3) is 0 Å². The summed E-state index contributed by atoms with van der Waals surface area (Å²) < 4.78 is 16.9. The Morgan fingerprint density at radius 3 is 1.43 bits per heavy atom. The summed E-state index contributed by atoms with van der Waals surface area (Å²) >= 11 is 0. The van der Waals surface area contributed by atoms with Crippen molar-refractivity contribution in [1.82, 2.24) is 0 Å². The Morgan fingerprint density at radius 2 is 1.17 bits per heavy atom. The zero-order valence-electron chi connectivity index (χ0n) is 16.2. The maximum absolute atomic E-state index is 5.75. The molecule has 0 spiro atoms. The molecule has 0 radical (unpaired) electrons. The van der Waals surface area contributed by atoms with E-state index < -0.39 is 7.92 Å². The minimum absolute atomic E-state index is 0.185. The van der Waals surface area contributed by atoms with Gasteiger partial charge in [-0.15, -0.1) is 0 Å². The van der Waals surface area contributed by atoms with E-state index >= 15 is 0 Å². The third-order valence-corrected chi connectivity index (χ3v) is 8.80. The third-order valence-electron chi connectivity index (χ3n) is 4.85. The van der Waals surface area contributed by atoms with Crippen molar-refractivity contribution in [3.63, 3.8) is 0 Å². The smallest absolute Gasteiger partial charge is 0.133 e. The molecular formula is C19H33O3P. The minimum atomic E-state index is -0.519. The Hall–Kier alpha value is -0.950. The van der Waals surface area contributed by atoms with Crippen LogP contribution in [0.15, 0.2) is 12.1 Å². The van der Waals surface area contributed by atoms with Crippen molar-refractivity contribution in [2.75, 3.05) is 21.3 Å². The first-order chi connectivity index (χ1) is 10.7. The summed E-state index contributed by atoms with van der Waals surface area (Å²) in [5, 5.41) is 1.58. The van der Waals surface area contributed by atoms with E-state index in [1.54, 1.807) is 21.3 Å². The molecule has 0 aliphatic rings. The topological polar surface area (TPSA) is 27.7 Å². The van der Waals surface area contributed by atoms with Gasteiger partial charge in [0.15, 0.2) is 0 Å². The van der Waals surface area contributed by atoms with Gasteiger partial charge >= 0.3 is 0 Å². The van der Waals surface area contributed by atoms with Crippen LogP contribution in [-0.4, -0.2) is 31.6 Å². The molecule has 0 N–H and O–H groups in total. The molecule has 0 fully saturated rings. The normalized spacial score (nSPS) is 12.4. The monoisotopic (exact) mass is 340 g/mol. The van der Waals surface area contributed by atoms with E-state index in [9.17, 15) is 0 Å². The molecule has 0 unspecified atom stereocenters. The lowest BCUT2D eigenvalue weighted by Gasteiger charge is -2.45. The zero-order chi connectivity index (χ0) is 17.8. The predicted molar refractivity (Wildman–Crippen MR) is 101 cm³/mol. The highest BCUT2D eigenvalue weighted by molar-refractivity contribution is 7.69. The number of hydrogen-bond acceptors (Lipinski definition) is 3. The molecule has 0 aromatic heterocycles. The summed E-state index contributed by atoms with van der Waals surface area (Å²) in [4.78, 5) is 0. The third kappa shape index (κ3) is 4.12. The summed E-state index contributed by atoms with van der Waals surface area (Å²) in [6.45, 7) is 14.0. The van der Waals surface area contributed by atoms with Crippen LogP contribution in [0.5, 0.6) is 17.2 Å². The fraction of sp³-hybridized carbons (Fsp3) is 0.684. The van der Waals surface area contributed by atoms with Gasteiger partial charge in [0.2, 0.25) is 0 Å². The predicted octanol–water partition coefficient (Wildman–Crippen LogP) is 5.20. The lowest BCUT2D eigenvalue weighted by atomic mass is 10.1. The molecule has 0 aliphatic heterocycles. The molecule has 0 atom stereocenters. The SMILES string of the molecule is CCC(C)(C)P(c1c(OC)cc(OC)cc1OC)C(C)(C)CC. The van der Waals surface area contributed by atoms with E-state index in [1.165, 1.54) is 5.30 Å². The van der Waals surface area contributed by atoms with Crippen molar-refractivity contribution < 1.29 is 14.2 Å². The number of benzene rings is 1. The van der Waals surface area contributed by atoms with Gasteiger partial charge < -0.3 is 14.2 Å². The van der Waals surface area contributed by atoms with Crippen molar-refractivity contribution in [3.05, 3.63) is 12.1 Å². The molecule has 23 heavy (non-hydrogen) atoms. The van der Waals surface area contributed by atoms with Crippen LogP contribution < -0.4 is 19.5 Å². The highest BCUT2D eigenvalue weighted by Gasteiger charge is 2.42. The molecule has 0 heterocycles. The molecule has 0 bridgehead atoms. The van der Waals surface area contributed by atoms with Gasteiger partial charge in [-0.3, -0.25) is 0 Å². The molecule has 1 aromatic rings. The molecule has 0 saturated carbocycles. The van der Waals surface area contributed by atoms with Crippen molar-refractivity contribution in [2.45, 2.75) is 64.7 Å². The Balaban J connectivity index is 3.71. The lowest BCUT2D eigenvalue weighted by molar-refractivity contribution is 0.379. The van der Waals surface area contributed by atoms with E-state index in [1.807, 2.05) is 12.1 Å². The van der Waals surface area contributed by atoms with Crippen LogP contribution in [0.25, 0.3) is 0 Å². The van der Waals surface area contributed by atoms with E-state index in [2.05, 4.69) is 41.5 Å². The van der Waals surface area contributed by atoms with Crippen LogP contribution in [0.3, 0.4) is 0 Å². The van der Waals surface area contributed by atoms with Gasteiger partial charge in [-0.05, 0) is 23.2 Å². The number of rotatable bonds is 8. The minimum Gasteiger partial charge on any atom is -0.496 e. The summed E-state index contributed by atoms with van der Waals surface area (Å²) in [5.74, 6) is 2.51. The van der Waals surface area contributed by atoms with Gasteiger partial charge in [-0.25, -0.2) is 0 Å². The molecule has 0 saturated heterocycles. The maximum atomic E-state index is 5.75. The second kappa shape index (κ2) is 7.75. The molecule has 0 aliphatic carbocycles. The molecule has 1 aromatic carbocycles. The van der Waals surface area contributed by atoms with Gasteiger partial charge in [0, 0.05) is 12.1 Å². The number of hydrogen-bond donors (Lipinski definition) is 0. The van der Waals surface area contributed by atoms with E-state index in [0.717, 1.165) is 30.1 Å². The number of methoxy groups -OCH3 is 3. The van der Waals surface area contributed by atoms with Gasteiger partial charge in [0.1, 0.15) is 17.2 Å². The maximum Gasteiger partial charge on any atom is 0.133 e. The van der Waals surface area contributed by atoms with Crippen molar-refractivity contribution in [2.24, 2.45) is 0 Å². The first-order valence-electron chi connectivity index (χ1n) is 8.28. The van der Waals surface area contributed by atoms with Crippen LogP contribution in [0, 0.1) is 0 Å². The summed E-state index contributed by atoms with van der Waals surface area (Å²) in [6, 6.07) is 3.95.